The van der Waals surface area contributed by atoms with E-state index in [0.717, 1.165) is 5.56 Å². The summed E-state index contributed by atoms with van der Waals surface area (Å²) in [6.07, 6.45) is -5.17. The lowest BCUT2D eigenvalue weighted by Gasteiger charge is -2.18. The Balaban J connectivity index is 1.57. The Morgan fingerprint density at radius 2 is 1.73 bits per heavy atom. The number of hydrogen-bond acceptors (Lipinski definition) is 12. The van der Waals surface area contributed by atoms with E-state index in [9.17, 15) is 38.5 Å². The van der Waals surface area contributed by atoms with Gasteiger partial charge in [0.25, 0.3) is 11.5 Å². The van der Waals surface area contributed by atoms with Gasteiger partial charge in [0.1, 0.15) is 18.3 Å². The van der Waals surface area contributed by atoms with Gasteiger partial charge in [-0.3, -0.25) is 18.9 Å². The number of aliphatic hydroxyl groups is 2. The number of aliphatic hydroxyl groups excluding tert-OH is 2. The zero-order valence-electron chi connectivity index (χ0n) is 19.7. The Hall–Kier alpha value is -2.05. The third-order valence-corrected chi connectivity index (χ3v) is 9.44. The van der Waals surface area contributed by atoms with Crippen LogP contribution in [0.5, 0.6) is 0 Å². The number of nitrogens with one attached hydrogen (secondary N) is 1. The number of phosphoric acid groups is 3. The van der Waals surface area contributed by atoms with Crippen molar-refractivity contribution in [3.05, 3.63) is 51.5 Å². The second kappa shape index (κ2) is 11.3. The van der Waals surface area contributed by atoms with Crippen molar-refractivity contribution in [2.24, 2.45) is 0 Å². The van der Waals surface area contributed by atoms with Gasteiger partial charge >= 0.3 is 29.1 Å². The van der Waals surface area contributed by atoms with Crippen LogP contribution in [0.15, 0.2) is 35.4 Å². The second-order valence-corrected chi connectivity index (χ2v) is 13.2. The van der Waals surface area contributed by atoms with Gasteiger partial charge in [-0.15, -0.1) is 0 Å². The fourth-order valence-electron chi connectivity index (χ4n) is 3.83. The average Bonchev–Trinajstić information content (AvgIpc) is 3.28. The molecule has 1 aromatic carbocycles. The van der Waals surface area contributed by atoms with E-state index in [2.05, 4.69) is 23.1 Å². The number of imidazole rings is 1. The molecule has 0 radical (unpaired) electrons. The molecule has 3 aromatic rings. The van der Waals surface area contributed by atoms with E-state index in [1.807, 2.05) is 0 Å². The molecule has 1 fully saturated rings. The highest BCUT2D eigenvalue weighted by molar-refractivity contribution is 7.66. The smallest absolute Gasteiger partial charge is 0.387 e. The number of nitrogens with zero attached hydrogens (tertiary/aromatic N) is 3. The lowest BCUT2D eigenvalue weighted by atomic mass is 10.1. The molecule has 0 saturated carbocycles. The molecule has 2 aromatic heterocycles. The number of hydrogen-bond donors (Lipinski definition) is 8. The summed E-state index contributed by atoms with van der Waals surface area (Å²) in [5.41, 5.74) is 5.75. The summed E-state index contributed by atoms with van der Waals surface area (Å²) in [7, 11) is -16.9. The number of fused-ring (bicyclic) bond motifs is 1. The molecule has 0 spiro atoms. The maximum absolute atomic E-state index is 12.7. The number of aromatic nitrogens is 4. The van der Waals surface area contributed by atoms with E-state index in [1.165, 1.54) is 15.5 Å². The minimum absolute atomic E-state index is 0.0196. The monoisotopic (exact) mass is 648 g/mol. The lowest BCUT2D eigenvalue weighted by molar-refractivity contribution is -0.745. The molecule has 40 heavy (non-hydrogen) atoms. The van der Waals surface area contributed by atoms with Gasteiger partial charge in [-0.05, 0) is 17.7 Å². The Kier molecular flexibility index (Phi) is 8.74. The van der Waals surface area contributed by atoms with Crippen LogP contribution in [0.25, 0.3) is 11.2 Å². The fourth-order valence-corrected chi connectivity index (χ4v) is 6.99. The number of halogens is 1. The zero-order valence-corrected chi connectivity index (χ0v) is 23.1. The number of benzene rings is 1. The Bertz CT molecular complexity index is 1610. The number of aromatic amines is 1. The fraction of sp³-hybridized carbons (Fsp3) is 0.353. The van der Waals surface area contributed by atoms with E-state index < -0.39 is 60.2 Å². The van der Waals surface area contributed by atoms with Gasteiger partial charge in [0.2, 0.25) is 11.7 Å². The number of rotatable bonds is 10. The molecule has 2 unspecified atom stereocenters. The molecule has 0 aliphatic carbocycles. The first-order valence-electron chi connectivity index (χ1n) is 10.8. The van der Waals surface area contributed by atoms with E-state index >= 15 is 0 Å². The molecule has 0 bridgehead atoms. The molecule has 220 valence electrons. The Morgan fingerprint density at radius 1 is 1.07 bits per heavy atom. The lowest BCUT2D eigenvalue weighted by Crippen LogP contribution is -2.46. The Labute approximate surface area is 227 Å². The van der Waals surface area contributed by atoms with Crippen molar-refractivity contribution < 1.29 is 65.9 Å². The van der Waals surface area contributed by atoms with Crippen LogP contribution in [0.1, 0.15) is 11.8 Å². The number of ether oxygens (including phenoxy) is 1. The summed E-state index contributed by atoms with van der Waals surface area (Å²) >= 11 is 5.92. The molecular weight excluding hydrogens is 627 g/mol. The van der Waals surface area contributed by atoms with Gasteiger partial charge in [-0.25, -0.2) is 18.3 Å². The third kappa shape index (κ3) is 7.23. The predicted octanol–water partition coefficient (Wildman–Crippen LogP) is -0.742. The summed E-state index contributed by atoms with van der Waals surface area (Å²) < 4.78 is 54.3. The topological polar surface area (TPSA) is 290 Å². The van der Waals surface area contributed by atoms with Gasteiger partial charge in [-0.1, -0.05) is 28.7 Å². The highest BCUT2D eigenvalue weighted by Crippen LogP contribution is 2.66. The van der Waals surface area contributed by atoms with Crippen molar-refractivity contribution in [3.63, 3.8) is 0 Å². The first-order chi connectivity index (χ1) is 18.4. The minimum atomic E-state index is -5.77. The van der Waals surface area contributed by atoms with Crippen LogP contribution in [0.4, 0.5) is 5.95 Å². The number of nitrogens with two attached hydrogens (primary N) is 1. The zero-order chi connectivity index (χ0) is 29.6. The summed E-state index contributed by atoms with van der Waals surface area (Å²) in [6, 6.07) is 6.70. The van der Waals surface area contributed by atoms with E-state index in [4.69, 9.17) is 31.9 Å². The second-order valence-electron chi connectivity index (χ2n) is 8.33. The molecule has 1 saturated heterocycles. The highest BCUT2D eigenvalue weighted by atomic mass is 35.5. The molecule has 4 rings (SSSR count). The van der Waals surface area contributed by atoms with Crippen LogP contribution in [-0.4, -0.2) is 69.2 Å². The molecule has 0 amide bonds. The molecule has 9 N–H and O–H groups in total. The molecule has 1 aliphatic heterocycles. The maximum atomic E-state index is 12.7. The van der Waals surface area contributed by atoms with Crippen LogP contribution in [0.2, 0.25) is 5.02 Å². The van der Waals surface area contributed by atoms with Crippen LogP contribution >= 0.6 is 35.1 Å². The van der Waals surface area contributed by atoms with Gasteiger partial charge in [0.05, 0.1) is 13.2 Å². The molecule has 3 heterocycles. The van der Waals surface area contributed by atoms with Crippen molar-refractivity contribution in [1.29, 1.82) is 0 Å². The first-order valence-corrected chi connectivity index (χ1v) is 15.7. The predicted molar refractivity (Wildman–Crippen MR) is 131 cm³/mol. The maximum Gasteiger partial charge on any atom is 0.490 e. The van der Waals surface area contributed by atoms with Crippen molar-refractivity contribution >= 4 is 52.2 Å². The van der Waals surface area contributed by atoms with E-state index in [1.54, 1.807) is 24.3 Å². The van der Waals surface area contributed by atoms with Gasteiger partial charge in [0.15, 0.2) is 6.33 Å². The van der Waals surface area contributed by atoms with Crippen LogP contribution in [0.3, 0.4) is 0 Å². The number of anilines is 1. The number of H-pyrrole nitrogens is 1. The van der Waals surface area contributed by atoms with Crippen LogP contribution in [-0.2, 0) is 38.1 Å². The molecule has 23 heteroatoms. The summed E-state index contributed by atoms with van der Waals surface area (Å²) in [5, 5.41) is 21.6. The first kappa shape index (κ1) is 30.9. The standard InChI is InChI=1S/C17H21ClN5O14P3/c18-9-3-1-8(2-4-9)5-22-7-23(14-11(22)15(26)21-17(19)20-14)16-13(25)12(24)10(35-16)6-34-39(30,31)37-40(32,33)36-38(27,28)29/h1-4,7,10,12-13,16,24-25H,5-6H2,(H6-,19,20,21,26,27,28,29,30,31,32,33)/p+1/t10-,12-,13-,16-/m1/s1. The molecule has 6 atom stereocenters. The average molecular weight is 649 g/mol. The van der Waals surface area contributed by atoms with Gasteiger partial charge in [-0.2, -0.15) is 8.62 Å². The van der Waals surface area contributed by atoms with E-state index in [0.29, 0.717) is 5.02 Å². The molecule has 1 aliphatic rings. The molecule has 19 nitrogen and oxygen atoms in total. The van der Waals surface area contributed by atoms with Crippen molar-refractivity contribution in [3.8, 4) is 0 Å². The van der Waals surface area contributed by atoms with Gasteiger partial charge < -0.3 is 40.3 Å². The number of nitrogen functional groups attached to an aromatic ring is 1. The normalized spacial score (nSPS) is 24.7. The van der Waals surface area contributed by atoms with Crippen molar-refractivity contribution in [1.82, 2.24) is 14.5 Å². The summed E-state index contributed by atoms with van der Waals surface area (Å²) in [6.45, 7) is -0.894. The molecular formula is C17H22ClN5O14P3+. The Morgan fingerprint density at radius 3 is 2.35 bits per heavy atom. The van der Waals surface area contributed by atoms with Crippen LogP contribution in [0, 0.1) is 0 Å². The quantitative estimate of drug-likeness (QED) is 0.0991. The minimum Gasteiger partial charge on any atom is -0.387 e. The van der Waals surface area contributed by atoms with Crippen molar-refractivity contribution in [2.45, 2.75) is 31.1 Å². The third-order valence-electron chi connectivity index (χ3n) is 5.39. The summed E-state index contributed by atoms with van der Waals surface area (Å²) in [4.78, 5) is 55.3. The summed E-state index contributed by atoms with van der Waals surface area (Å²) in [5.74, 6) is -0.271. The van der Waals surface area contributed by atoms with Crippen molar-refractivity contribution in [2.75, 3.05) is 12.3 Å². The highest BCUT2D eigenvalue weighted by Gasteiger charge is 2.49. The van der Waals surface area contributed by atoms with Crippen LogP contribution < -0.4 is 15.9 Å². The largest absolute Gasteiger partial charge is 0.490 e. The SMILES string of the molecule is Nc1nc2c(c(=O)[nH]1)n(Cc1ccc(Cl)cc1)c[n+]2[C@@H]1O[C@H](COP(=O)(O)OP(=O)(O)OP(=O)(O)O)[C@@H](O)[C@H]1O. The van der Waals surface area contributed by atoms with Gasteiger partial charge in [0, 0.05) is 5.02 Å². The van der Waals surface area contributed by atoms with E-state index in [-0.39, 0.29) is 23.7 Å². The number of phosphoric ester groups is 1.